The Morgan fingerprint density at radius 2 is 2.17 bits per heavy atom. The van der Waals surface area contributed by atoms with Crippen LogP contribution in [0, 0.1) is 5.92 Å². The number of benzene rings is 1. The molecule has 5 heteroatoms. The number of hydrogen-bond acceptors (Lipinski definition) is 4. The van der Waals surface area contributed by atoms with Crippen molar-refractivity contribution < 1.29 is 19.1 Å². The molecule has 0 saturated carbocycles. The molecule has 1 aliphatic heterocycles. The average Bonchev–Trinajstić information content (AvgIpc) is 2.97. The summed E-state index contributed by atoms with van der Waals surface area (Å²) >= 11 is 0. The van der Waals surface area contributed by atoms with Crippen LogP contribution in [0.3, 0.4) is 0 Å². The number of amides is 1. The molecule has 1 unspecified atom stereocenters. The Morgan fingerprint density at radius 3 is 2.83 bits per heavy atom. The first-order valence-electron chi connectivity index (χ1n) is 8.08. The van der Waals surface area contributed by atoms with Gasteiger partial charge in [0.15, 0.2) is 0 Å². The van der Waals surface area contributed by atoms with E-state index in [1.165, 1.54) is 0 Å². The van der Waals surface area contributed by atoms with E-state index in [-0.39, 0.29) is 12.0 Å². The Labute approximate surface area is 135 Å². The maximum Gasteiger partial charge on any atom is 0.227 e. The number of fused-ring (bicyclic) bond motifs is 1. The standard InChI is InChI=1S/C18H23NO4/c1-12(20)13-5-7-19(8-6-13)18(21)9-14-11-23-17-10-15(22-2)3-4-16(14)17/h3-4,10-13,20H,5-9H2,1-2H3. The number of aliphatic hydroxyl groups is 1. The van der Waals surface area contributed by atoms with Crippen LogP contribution in [0.5, 0.6) is 5.75 Å². The molecule has 5 nitrogen and oxygen atoms in total. The second-order valence-electron chi connectivity index (χ2n) is 6.26. The lowest BCUT2D eigenvalue weighted by molar-refractivity contribution is -0.132. The highest BCUT2D eigenvalue weighted by atomic mass is 16.5. The van der Waals surface area contributed by atoms with Crippen LogP contribution in [0.4, 0.5) is 0 Å². The smallest absolute Gasteiger partial charge is 0.227 e. The second kappa shape index (κ2) is 6.62. The highest BCUT2D eigenvalue weighted by Crippen LogP contribution is 2.27. The normalized spacial score (nSPS) is 17.4. The van der Waals surface area contributed by atoms with Crippen LogP contribution in [0.15, 0.2) is 28.9 Å². The van der Waals surface area contributed by atoms with Crippen molar-refractivity contribution in [2.45, 2.75) is 32.3 Å². The summed E-state index contributed by atoms with van der Waals surface area (Å²) in [6.07, 6.45) is 3.45. The first kappa shape index (κ1) is 15.9. The van der Waals surface area contributed by atoms with Crippen LogP contribution in [0.2, 0.25) is 0 Å². The van der Waals surface area contributed by atoms with E-state index in [0.717, 1.165) is 48.2 Å². The summed E-state index contributed by atoms with van der Waals surface area (Å²) in [4.78, 5) is 14.4. The average molecular weight is 317 g/mol. The number of hydrogen-bond donors (Lipinski definition) is 1. The van der Waals surface area contributed by atoms with Gasteiger partial charge in [-0.25, -0.2) is 0 Å². The molecule has 124 valence electrons. The number of carbonyl (C=O) groups excluding carboxylic acids is 1. The molecule has 2 aromatic rings. The molecule has 2 heterocycles. The van der Waals surface area contributed by atoms with Gasteiger partial charge in [0.1, 0.15) is 11.3 Å². The highest BCUT2D eigenvalue weighted by molar-refractivity contribution is 5.88. The third-order valence-corrected chi connectivity index (χ3v) is 4.78. The van der Waals surface area contributed by atoms with E-state index in [2.05, 4.69) is 0 Å². The van der Waals surface area contributed by atoms with Crippen molar-refractivity contribution in [2.75, 3.05) is 20.2 Å². The minimum Gasteiger partial charge on any atom is -0.497 e. The molecular formula is C18H23NO4. The van der Waals surface area contributed by atoms with Crippen LogP contribution in [0.25, 0.3) is 11.0 Å². The number of ether oxygens (including phenoxy) is 1. The minimum absolute atomic E-state index is 0.118. The summed E-state index contributed by atoms with van der Waals surface area (Å²) < 4.78 is 10.7. The van der Waals surface area contributed by atoms with Gasteiger partial charge in [0.25, 0.3) is 0 Å². The summed E-state index contributed by atoms with van der Waals surface area (Å²) in [7, 11) is 1.62. The molecule has 0 spiro atoms. The third kappa shape index (κ3) is 3.34. The van der Waals surface area contributed by atoms with Crippen molar-refractivity contribution in [2.24, 2.45) is 5.92 Å². The van der Waals surface area contributed by atoms with Gasteiger partial charge in [-0.05, 0) is 37.8 Å². The van der Waals surface area contributed by atoms with E-state index in [9.17, 15) is 9.90 Å². The number of methoxy groups -OCH3 is 1. The molecule has 23 heavy (non-hydrogen) atoms. The van der Waals surface area contributed by atoms with E-state index in [1.54, 1.807) is 13.4 Å². The minimum atomic E-state index is -0.292. The van der Waals surface area contributed by atoms with E-state index in [4.69, 9.17) is 9.15 Å². The molecule has 1 aromatic carbocycles. The van der Waals surface area contributed by atoms with Crippen molar-refractivity contribution in [3.63, 3.8) is 0 Å². The zero-order chi connectivity index (χ0) is 16.4. The largest absolute Gasteiger partial charge is 0.497 e. The number of likely N-dealkylation sites (tertiary alicyclic amines) is 1. The number of furan rings is 1. The van der Waals surface area contributed by atoms with E-state index < -0.39 is 0 Å². The van der Waals surface area contributed by atoms with E-state index in [0.29, 0.717) is 12.3 Å². The van der Waals surface area contributed by atoms with Gasteiger partial charge in [-0.1, -0.05) is 0 Å². The van der Waals surface area contributed by atoms with E-state index >= 15 is 0 Å². The molecule has 1 atom stereocenters. The number of rotatable bonds is 4. The SMILES string of the molecule is COc1ccc2c(CC(=O)N3CCC(C(C)O)CC3)coc2c1. The molecule has 1 N–H and O–H groups in total. The maximum absolute atomic E-state index is 12.5. The fourth-order valence-corrected chi connectivity index (χ4v) is 3.23. The Morgan fingerprint density at radius 1 is 1.43 bits per heavy atom. The number of nitrogens with zero attached hydrogens (tertiary/aromatic N) is 1. The monoisotopic (exact) mass is 317 g/mol. The third-order valence-electron chi connectivity index (χ3n) is 4.78. The van der Waals surface area contributed by atoms with Gasteiger partial charge in [-0.3, -0.25) is 4.79 Å². The fraction of sp³-hybridized carbons (Fsp3) is 0.500. The summed E-state index contributed by atoms with van der Waals surface area (Å²) in [6, 6.07) is 5.64. The summed E-state index contributed by atoms with van der Waals surface area (Å²) in [6.45, 7) is 3.27. The molecule has 1 saturated heterocycles. The van der Waals surface area contributed by atoms with Crippen LogP contribution < -0.4 is 4.74 Å². The van der Waals surface area contributed by atoms with Gasteiger partial charge in [-0.2, -0.15) is 0 Å². The Bertz CT molecular complexity index is 683. The van der Waals surface area contributed by atoms with Crippen LogP contribution in [-0.4, -0.2) is 42.2 Å². The quantitative estimate of drug-likeness (QED) is 0.941. The van der Waals surface area contributed by atoms with Crippen molar-refractivity contribution in [1.82, 2.24) is 4.90 Å². The van der Waals surface area contributed by atoms with Crippen molar-refractivity contribution >= 4 is 16.9 Å². The van der Waals surface area contributed by atoms with Crippen LogP contribution in [-0.2, 0) is 11.2 Å². The fourth-order valence-electron chi connectivity index (χ4n) is 3.23. The van der Waals surface area contributed by atoms with Crippen molar-refractivity contribution in [3.05, 3.63) is 30.0 Å². The molecule has 0 aliphatic carbocycles. The predicted octanol–water partition coefficient (Wildman–Crippen LogP) is 2.60. The lowest BCUT2D eigenvalue weighted by atomic mass is 9.92. The Hall–Kier alpha value is -2.01. The van der Waals surface area contributed by atoms with E-state index in [1.807, 2.05) is 30.0 Å². The molecule has 1 amide bonds. The zero-order valence-corrected chi connectivity index (χ0v) is 13.6. The first-order chi connectivity index (χ1) is 11.1. The lowest BCUT2D eigenvalue weighted by Gasteiger charge is -2.33. The lowest BCUT2D eigenvalue weighted by Crippen LogP contribution is -2.41. The number of aliphatic hydroxyl groups excluding tert-OH is 1. The molecule has 1 aliphatic rings. The summed E-state index contributed by atoms with van der Waals surface area (Å²) in [5.41, 5.74) is 1.64. The maximum atomic E-state index is 12.5. The second-order valence-corrected chi connectivity index (χ2v) is 6.26. The van der Waals surface area contributed by atoms with Gasteiger partial charge in [0, 0.05) is 30.1 Å². The Kier molecular flexibility index (Phi) is 4.57. The Balaban J connectivity index is 1.67. The topological polar surface area (TPSA) is 62.9 Å². The zero-order valence-electron chi connectivity index (χ0n) is 13.6. The molecule has 1 fully saturated rings. The van der Waals surface area contributed by atoms with Crippen molar-refractivity contribution in [3.8, 4) is 5.75 Å². The van der Waals surface area contributed by atoms with Gasteiger partial charge < -0.3 is 19.2 Å². The summed E-state index contributed by atoms with van der Waals surface area (Å²) in [5.74, 6) is 1.17. The predicted molar refractivity (Wildman–Crippen MR) is 87.5 cm³/mol. The first-order valence-corrected chi connectivity index (χ1v) is 8.08. The van der Waals surface area contributed by atoms with Crippen LogP contribution in [0.1, 0.15) is 25.3 Å². The molecule has 0 radical (unpaired) electrons. The highest BCUT2D eigenvalue weighted by Gasteiger charge is 2.25. The molecule has 3 rings (SSSR count). The summed E-state index contributed by atoms with van der Waals surface area (Å²) in [5, 5.41) is 10.6. The number of piperidine rings is 1. The van der Waals surface area contributed by atoms with Gasteiger partial charge in [0.2, 0.25) is 5.91 Å². The van der Waals surface area contributed by atoms with Gasteiger partial charge in [-0.15, -0.1) is 0 Å². The molecule has 0 bridgehead atoms. The number of carbonyl (C=O) groups is 1. The molecular weight excluding hydrogens is 294 g/mol. The van der Waals surface area contributed by atoms with Crippen LogP contribution >= 0.6 is 0 Å². The van der Waals surface area contributed by atoms with Crippen molar-refractivity contribution in [1.29, 1.82) is 0 Å². The molecule has 1 aromatic heterocycles. The van der Waals surface area contributed by atoms with Gasteiger partial charge >= 0.3 is 0 Å². The van der Waals surface area contributed by atoms with Gasteiger partial charge in [0.05, 0.1) is 25.9 Å².